The van der Waals surface area contributed by atoms with Gasteiger partial charge in [0.25, 0.3) is 5.91 Å². The Kier molecular flexibility index (Phi) is 7.42. The fraction of sp³-hybridized carbons (Fsp3) is 0.222. The molecule has 0 radical (unpaired) electrons. The molecule has 8 heteroatoms. The van der Waals surface area contributed by atoms with E-state index in [4.69, 9.17) is 11.1 Å². The van der Waals surface area contributed by atoms with Crippen molar-refractivity contribution in [3.63, 3.8) is 0 Å². The maximum Gasteiger partial charge on any atom is 0.305 e. The third kappa shape index (κ3) is 6.45. The standard InChI is InChI=1S/C27H29N5O3/c28-26(29)19-8-10-22(11-9-19)31-27(35)20-6-7-21-16-32(13-12-18-4-2-1-3-5-18)17-23(15-25(33)34)30-24(21)14-20/h1-11,14,23,30H,12-13,15-17H2,(H3,28,29)(H,31,35)(H,33,34)/t23-/m1/s1. The minimum atomic E-state index is -0.864. The molecule has 0 unspecified atom stereocenters. The van der Waals surface area contributed by atoms with Gasteiger partial charge in [0.15, 0.2) is 0 Å². The van der Waals surface area contributed by atoms with Gasteiger partial charge >= 0.3 is 5.97 Å². The van der Waals surface area contributed by atoms with Crippen molar-refractivity contribution in [3.05, 3.63) is 95.1 Å². The second-order valence-corrected chi connectivity index (χ2v) is 8.73. The van der Waals surface area contributed by atoms with Gasteiger partial charge in [0, 0.05) is 48.2 Å². The Morgan fingerprint density at radius 1 is 1.06 bits per heavy atom. The number of carbonyl (C=O) groups excluding carboxylic acids is 1. The summed E-state index contributed by atoms with van der Waals surface area (Å²) in [5.74, 6) is -1.17. The van der Waals surface area contributed by atoms with Crippen LogP contribution >= 0.6 is 0 Å². The van der Waals surface area contributed by atoms with Gasteiger partial charge in [-0.05, 0) is 53.9 Å². The van der Waals surface area contributed by atoms with E-state index in [0.29, 0.717) is 29.9 Å². The lowest BCUT2D eigenvalue weighted by atomic mass is 10.1. The topological polar surface area (TPSA) is 132 Å². The molecule has 0 bridgehead atoms. The van der Waals surface area contributed by atoms with Crippen LogP contribution in [0.3, 0.4) is 0 Å². The van der Waals surface area contributed by atoms with Crippen LogP contribution in [0.15, 0.2) is 72.8 Å². The van der Waals surface area contributed by atoms with E-state index in [-0.39, 0.29) is 24.2 Å². The van der Waals surface area contributed by atoms with Crippen LogP contribution in [-0.2, 0) is 17.8 Å². The first kappa shape index (κ1) is 24.0. The molecule has 0 spiro atoms. The number of nitrogens with two attached hydrogens (primary N) is 1. The number of hydrogen-bond acceptors (Lipinski definition) is 5. The molecule has 0 saturated heterocycles. The lowest BCUT2D eigenvalue weighted by Crippen LogP contribution is -2.36. The van der Waals surface area contributed by atoms with Crippen molar-refractivity contribution in [2.24, 2.45) is 5.73 Å². The Hall–Kier alpha value is -4.17. The molecule has 35 heavy (non-hydrogen) atoms. The first-order valence-electron chi connectivity index (χ1n) is 11.5. The summed E-state index contributed by atoms with van der Waals surface area (Å²) in [5.41, 5.74) is 10.2. The SMILES string of the molecule is N=C(N)c1ccc(NC(=O)c2ccc3c(c2)N[C@H](CC(=O)O)CN(CCc2ccccc2)C3)cc1. The highest BCUT2D eigenvalue weighted by atomic mass is 16.4. The minimum Gasteiger partial charge on any atom is -0.481 e. The number of nitrogens with one attached hydrogen (secondary N) is 3. The van der Waals surface area contributed by atoms with Gasteiger partial charge in [-0.1, -0.05) is 36.4 Å². The number of fused-ring (bicyclic) bond motifs is 1. The predicted molar refractivity (Wildman–Crippen MR) is 137 cm³/mol. The molecule has 1 heterocycles. The van der Waals surface area contributed by atoms with Crippen LogP contribution in [0.1, 0.15) is 33.5 Å². The van der Waals surface area contributed by atoms with E-state index in [1.807, 2.05) is 24.3 Å². The van der Waals surface area contributed by atoms with E-state index in [1.165, 1.54) is 5.56 Å². The Bertz CT molecular complexity index is 1210. The number of aliphatic carboxylic acids is 1. The average Bonchev–Trinajstić information content (AvgIpc) is 3.01. The Balaban J connectivity index is 1.50. The monoisotopic (exact) mass is 471 g/mol. The Labute approximate surface area is 204 Å². The zero-order chi connectivity index (χ0) is 24.8. The summed E-state index contributed by atoms with van der Waals surface area (Å²) in [7, 11) is 0. The van der Waals surface area contributed by atoms with Crippen molar-refractivity contribution in [1.29, 1.82) is 5.41 Å². The first-order valence-corrected chi connectivity index (χ1v) is 11.5. The van der Waals surface area contributed by atoms with E-state index in [1.54, 1.807) is 36.4 Å². The molecule has 6 N–H and O–H groups in total. The highest BCUT2D eigenvalue weighted by molar-refractivity contribution is 6.05. The molecule has 8 nitrogen and oxygen atoms in total. The number of nitrogens with zero attached hydrogens (tertiary/aromatic N) is 1. The van der Waals surface area contributed by atoms with E-state index in [0.717, 1.165) is 24.2 Å². The van der Waals surface area contributed by atoms with E-state index in [9.17, 15) is 14.7 Å². The zero-order valence-corrected chi connectivity index (χ0v) is 19.3. The Morgan fingerprint density at radius 2 is 1.77 bits per heavy atom. The largest absolute Gasteiger partial charge is 0.481 e. The van der Waals surface area contributed by atoms with Crippen LogP contribution in [-0.4, -0.2) is 46.8 Å². The second kappa shape index (κ2) is 10.8. The Morgan fingerprint density at radius 3 is 2.46 bits per heavy atom. The van der Waals surface area contributed by atoms with E-state index in [2.05, 4.69) is 27.7 Å². The predicted octanol–water partition coefficient (Wildman–Crippen LogP) is 3.54. The van der Waals surface area contributed by atoms with E-state index < -0.39 is 5.97 Å². The number of carbonyl (C=O) groups is 2. The normalized spacial score (nSPS) is 15.4. The van der Waals surface area contributed by atoms with Crippen LogP contribution in [0.2, 0.25) is 0 Å². The molecule has 0 aromatic heterocycles. The number of nitrogen functional groups attached to an aromatic ring is 1. The summed E-state index contributed by atoms with van der Waals surface area (Å²) in [4.78, 5) is 26.6. The molecule has 0 aliphatic carbocycles. The summed E-state index contributed by atoms with van der Waals surface area (Å²) in [6.07, 6.45) is 0.860. The maximum atomic E-state index is 12.9. The van der Waals surface area contributed by atoms with Gasteiger partial charge < -0.3 is 21.5 Å². The van der Waals surface area contributed by atoms with Crippen molar-refractivity contribution >= 4 is 29.1 Å². The van der Waals surface area contributed by atoms with Gasteiger partial charge in [-0.15, -0.1) is 0 Å². The van der Waals surface area contributed by atoms with Crippen molar-refractivity contribution in [1.82, 2.24) is 4.90 Å². The summed E-state index contributed by atoms with van der Waals surface area (Å²) in [6, 6.07) is 22.2. The molecule has 180 valence electrons. The van der Waals surface area contributed by atoms with Crippen molar-refractivity contribution < 1.29 is 14.7 Å². The number of carboxylic acids is 1. The lowest BCUT2D eigenvalue weighted by molar-refractivity contribution is -0.137. The van der Waals surface area contributed by atoms with Crippen molar-refractivity contribution in [2.75, 3.05) is 23.7 Å². The van der Waals surface area contributed by atoms with Gasteiger partial charge in [0.05, 0.1) is 6.42 Å². The third-order valence-electron chi connectivity index (χ3n) is 6.04. The summed E-state index contributed by atoms with van der Waals surface area (Å²) < 4.78 is 0. The quantitative estimate of drug-likeness (QED) is 0.252. The van der Waals surface area contributed by atoms with Gasteiger partial charge in [0.2, 0.25) is 0 Å². The van der Waals surface area contributed by atoms with Crippen LogP contribution in [0.4, 0.5) is 11.4 Å². The van der Waals surface area contributed by atoms with Gasteiger partial charge in [0.1, 0.15) is 5.84 Å². The lowest BCUT2D eigenvalue weighted by Gasteiger charge is -2.23. The highest BCUT2D eigenvalue weighted by Gasteiger charge is 2.24. The molecule has 1 aliphatic rings. The molecule has 3 aromatic carbocycles. The second-order valence-electron chi connectivity index (χ2n) is 8.73. The van der Waals surface area contributed by atoms with Gasteiger partial charge in [-0.25, -0.2) is 0 Å². The molecule has 0 saturated carbocycles. The third-order valence-corrected chi connectivity index (χ3v) is 6.04. The fourth-order valence-electron chi connectivity index (χ4n) is 4.24. The highest BCUT2D eigenvalue weighted by Crippen LogP contribution is 2.26. The minimum absolute atomic E-state index is 0.0137. The zero-order valence-electron chi connectivity index (χ0n) is 19.3. The number of carboxylic acid groups (broad SMARTS) is 1. The maximum absolute atomic E-state index is 12.9. The van der Waals surface area contributed by atoms with Gasteiger partial charge in [-0.2, -0.15) is 0 Å². The van der Waals surface area contributed by atoms with E-state index >= 15 is 0 Å². The summed E-state index contributed by atoms with van der Waals surface area (Å²) >= 11 is 0. The summed E-state index contributed by atoms with van der Waals surface area (Å²) in [6.45, 7) is 2.07. The average molecular weight is 472 g/mol. The summed E-state index contributed by atoms with van der Waals surface area (Å²) in [5, 5.41) is 23.1. The number of amidine groups is 1. The molecule has 3 aromatic rings. The molecule has 1 amide bonds. The first-order chi connectivity index (χ1) is 16.9. The number of amides is 1. The number of benzene rings is 3. The fourth-order valence-corrected chi connectivity index (χ4v) is 4.24. The number of rotatable bonds is 8. The number of hydrogen-bond donors (Lipinski definition) is 5. The van der Waals surface area contributed by atoms with Crippen molar-refractivity contribution in [2.45, 2.75) is 25.4 Å². The van der Waals surface area contributed by atoms with Gasteiger partial charge in [-0.3, -0.25) is 19.9 Å². The molecular weight excluding hydrogens is 442 g/mol. The molecule has 4 rings (SSSR count). The molecule has 1 aliphatic heterocycles. The molecular formula is C27H29N5O3. The number of anilines is 2. The van der Waals surface area contributed by atoms with Crippen LogP contribution in [0, 0.1) is 5.41 Å². The molecule has 0 fully saturated rings. The smallest absolute Gasteiger partial charge is 0.305 e. The van der Waals surface area contributed by atoms with Crippen LogP contribution in [0.5, 0.6) is 0 Å². The van der Waals surface area contributed by atoms with Crippen molar-refractivity contribution in [3.8, 4) is 0 Å². The van der Waals surface area contributed by atoms with Crippen LogP contribution in [0.25, 0.3) is 0 Å². The van der Waals surface area contributed by atoms with Crippen LogP contribution < -0.4 is 16.4 Å². The molecule has 1 atom stereocenters.